The molecular weight excluding hydrogens is 419 g/mol. The quantitative estimate of drug-likeness (QED) is 0.242. The number of rotatable bonds is 6. The lowest BCUT2D eigenvalue weighted by Crippen LogP contribution is -2.26. The van der Waals surface area contributed by atoms with Crippen LogP contribution in [0.1, 0.15) is 6.92 Å². The summed E-state index contributed by atoms with van der Waals surface area (Å²) in [6.45, 7) is 1.36. The average molecular weight is 442 g/mol. The van der Waals surface area contributed by atoms with Gasteiger partial charge in [0, 0.05) is 28.4 Å². The van der Waals surface area contributed by atoms with Gasteiger partial charge in [-0.25, -0.2) is 0 Å². The van der Waals surface area contributed by atoms with Crippen LogP contribution in [0.15, 0.2) is 103 Å². The van der Waals surface area contributed by atoms with Crippen LogP contribution in [0.5, 0.6) is 11.5 Å². The zero-order valence-corrected chi connectivity index (χ0v) is 18.8. The number of esters is 1. The number of benzene rings is 4. The predicted octanol–water partition coefficient (Wildman–Crippen LogP) is 4.93. The number of ether oxygens (including phenoxy) is 2. The molecule has 0 aromatic heterocycles. The Morgan fingerprint density at radius 3 is 1.84 bits per heavy atom. The van der Waals surface area contributed by atoms with Crippen LogP contribution in [0.3, 0.4) is 0 Å². The van der Waals surface area contributed by atoms with Crippen molar-refractivity contribution < 1.29 is 18.8 Å². The van der Waals surface area contributed by atoms with Crippen LogP contribution >= 0.6 is 7.14 Å². The molecular formula is C27H23O4P. The van der Waals surface area contributed by atoms with Crippen molar-refractivity contribution in [1.29, 1.82) is 0 Å². The van der Waals surface area contributed by atoms with Gasteiger partial charge in [0.15, 0.2) is 7.14 Å². The van der Waals surface area contributed by atoms with Crippen molar-refractivity contribution in [3.8, 4) is 22.6 Å². The van der Waals surface area contributed by atoms with Crippen molar-refractivity contribution in [3.05, 3.63) is 103 Å². The van der Waals surface area contributed by atoms with Crippen LogP contribution in [0.25, 0.3) is 11.1 Å². The van der Waals surface area contributed by atoms with Crippen LogP contribution in [-0.4, -0.2) is 13.1 Å². The van der Waals surface area contributed by atoms with Gasteiger partial charge in [0.25, 0.3) is 0 Å². The molecule has 4 aromatic carbocycles. The Balaban J connectivity index is 2.03. The second kappa shape index (κ2) is 9.25. The van der Waals surface area contributed by atoms with Gasteiger partial charge in [-0.3, -0.25) is 4.79 Å². The van der Waals surface area contributed by atoms with E-state index in [2.05, 4.69) is 0 Å². The van der Waals surface area contributed by atoms with Crippen molar-refractivity contribution in [3.63, 3.8) is 0 Å². The lowest BCUT2D eigenvalue weighted by molar-refractivity contribution is -0.131. The molecule has 0 unspecified atom stereocenters. The molecule has 4 aromatic rings. The highest BCUT2D eigenvalue weighted by Crippen LogP contribution is 2.46. The SMILES string of the molecule is COc1ccc(OC(C)=O)c(-c2ccccc2P(=O)(c2ccccc2)c2ccccc2)c1. The normalized spacial score (nSPS) is 11.1. The monoisotopic (exact) mass is 442 g/mol. The van der Waals surface area contributed by atoms with Crippen molar-refractivity contribution in [2.75, 3.05) is 7.11 Å². The van der Waals surface area contributed by atoms with Gasteiger partial charge < -0.3 is 14.0 Å². The molecule has 160 valence electrons. The minimum Gasteiger partial charge on any atom is -0.497 e. The third-order valence-corrected chi connectivity index (χ3v) is 8.33. The Kier molecular flexibility index (Phi) is 6.25. The molecule has 0 N–H and O–H groups in total. The minimum atomic E-state index is -3.24. The third-order valence-electron chi connectivity index (χ3n) is 5.21. The molecule has 0 spiro atoms. The van der Waals surface area contributed by atoms with Crippen LogP contribution in [0.2, 0.25) is 0 Å². The molecule has 0 saturated carbocycles. The third kappa shape index (κ3) is 4.10. The summed E-state index contributed by atoms with van der Waals surface area (Å²) in [5.41, 5.74) is 1.36. The molecule has 4 nitrogen and oxygen atoms in total. The van der Waals surface area contributed by atoms with E-state index >= 15 is 0 Å². The molecule has 5 heteroatoms. The van der Waals surface area contributed by atoms with Gasteiger partial charge in [-0.1, -0.05) is 84.9 Å². The van der Waals surface area contributed by atoms with E-state index in [9.17, 15) is 9.36 Å². The summed E-state index contributed by atoms with van der Waals surface area (Å²) in [5, 5.41) is 2.13. The van der Waals surface area contributed by atoms with E-state index in [4.69, 9.17) is 9.47 Å². The van der Waals surface area contributed by atoms with Crippen LogP contribution in [0.4, 0.5) is 0 Å². The average Bonchev–Trinajstić information content (AvgIpc) is 2.84. The summed E-state index contributed by atoms with van der Waals surface area (Å²) in [7, 11) is -1.66. The van der Waals surface area contributed by atoms with E-state index in [0.29, 0.717) is 22.4 Å². The van der Waals surface area contributed by atoms with Gasteiger partial charge in [-0.15, -0.1) is 0 Å². The summed E-state index contributed by atoms with van der Waals surface area (Å²) < 4.78 is 25.9. The van der Waals surface area contributed by atoms with Gasteiger partial charge >= 0.3 is 5.97 Å². The van der Waals surface area contributed by atoms with Gasteiger partial charge in [-0.05, 0) is 23.8 Å². The largest absolute Gasteiger partial charge is 0.497 e. The van der Waals surface area contributed by atoms with Gasteiger partial charge in [0.2, 0.25) is 0 Å². The second-order valence-corrected chi connectivity index (χ2v) is 9.99. The standard InChI is InChI=1S/C27H23O4P/c1-20(28)31-26-18-17-21(30-2)19-25(26)24-15-9-10-16-27(24)32(29,22-11-5-3-6-12-22)23-13-7-4-8-14-23/h3-19H,1-2H3. The molecule has 0 aliphatic heterocycles. The van der Waals surface area contributed by atoms with Gasteiger partial charge in [0.05, 0.1) is 7.11 Å². The molecule has 0 fully saturated rings. The zero-order chi connectivity index (χ0) is 22.6. The van der Waals surface area contributed by atoms with Crippen LogP contribution in [-0.2, 0) is 9.36 Å². The highest BCUT2D eigenvalue weighted by molar-refractivity contribution is 7.85. The summed E-state index contributed by atoms with van der Waals surface area (Å²) >= 11 is 0. The lowest BCUT2D eigenvalue weighted by atomic mass is 10.0. The first kappa shape index (κ1) is 21.6. The molecule has 0 radical (unpaired) electrons. The molecule has 0 aliphatic rings. The van der Waals surface area contributed by atoms with Gasteiger partial charge in [0.1, 0.15) is 11.5 Å². The first-order valence-electron chi connectivity index (χ1n) is 10.2. The number of carbonyl (C=O) groups is 1. The fraction of sp³-hybridized carbons (Fsp3) is 0.0741. The smallest absolute Gasteiger partial charge is 0.308 e. The Morgan fingerprint density at radius 1 is 0.719 bits per heavy atom. The first-order chi connectivity index (χ1) is 15.5. The maximum absolute atomic E-state index is 15.0. The molecule has 0 bridgehead atoms. The summed E-state index contributed by atoms with van der Waals surface area (Å²) in [6.07, 6.45) is 0. The fourth-order valence-electron chi connectivity index (χ4n) is 3.77. The fourth-order valence-corrected chi connectivity index (χ4v) is 6.64. The minimum absolute atomic E-state index is 0.387. The number of hydrogen-bond donors (Lipinski definition) is 0. The van der Waals surface area contributed by atoms with E-state index in [1.165, 1.54) is 6.92 Å². The molecule has 32 heavy (non-hydrogen) atoms. The summed E-state index contributed by atoms with van der Waals surface area (Å²) in [5.74, 6) is 0.571. The maximum atomic E-state index is 15.0. The number of hydrogen-bond acceptors (Lipinski definition) is 4. The van der Waals surface area contributed by atoms with E-state index in [1.807, 2.05) is 84.9 Å². The lowest BCUT2D eigenvalue weighted by Gasteiger charge is -2.23. The van der Waals surface area contributed by atoms with Crippen molar-refractivity contribution >= 4 is 29.0 Å². The van der Waals surface area contributed by atoms with Gasteiger partial charge in [-0.2, -0.15) is 0 Å². The highest BCUT2D eigenvalue weighted by atomic mass is 31.2. The van der Waals surface area contributed by atoms with Crippen molar-refractivity contribution in [2.24, 2.45) is 0 Å². The molecule has 0 heterocycles. The van der Waals surface area contributed by atoms with Crippen LogP contribution in [0, 0.1) is 0 Å². The summed E-state index contributed by atoms with van der Waals surface area (Å²) in [4.78, 5) is 11.8. The molecule has 0 amide bonds. The Morgan fingerprint density at radius 2 is 1.28 bits per heavy atom. The van der Waals surface area contributed by atoms with E-state index in [-0.39, 0.29) is 0 Å². The topological polar surface area (TPSA) is 52.6 Å². The van der Waals surface area contributed by atoms with Crippen molar-refractivity contribution in [1.82, 2.24) is 0 Å². The maximum Gasteiger partial charge on any atom is 0.308 e. The van der Waals surface area contributed by atoms with Crippen molar-refractivity contribution in [2.45, 2.75) is 6.92 Å². The van der Waals surface area contributed by atoms with E-state index in [1.54, 1.807) is 25.3 Å². The Labute approximate surface area is 187 Å². The predicted molar refractivity (Wildman–Crippen MR) is 129 cm³/mol. The molecule has 0 aliphatic carbocycles. The Bertz CT molecular complexity index is 1240. The number of methoxy groups -OCH3 is 1. The molecule has 4 rings (SSSR count). The first-order valence-corrected chi connectivity index (χ1v) is 11.9. The number of carbonyl (C=O) groups excluding carboxylic acids is 1. The van der Waals surface area contributed by atoms with E-state index in [0.717, 1.165) is 16.2 Å². The second-order valence-electron chi connectivity index (χ2n) is 7.25. The summed E-state index contributed by atoms with van der Waals surface area (Å²) in [6, 6.07) is 31.7. The van der Waals surface area contributed by atoms with Crippen LogP contribution < -0.4 is 25.4 Å². The highest BCUT2D eigenvalue weighted by Gasteiger charge is 2.32. The Hall–Kier alpha value is -3.62. The molecule has 0 atom stereocenters. The van der Waals surface area contributed by atoms with E-state index < -0.39 is 13.1 Å². The zero-order valence-electron chi connectivity index (χ0n) is 17.9. The molecule has 0 saturated heterocycles.